The summed E-state index contributed by atoms with van der Waals surface area (Å²) in [5.74, 6) is 1.66. The molecule has 1 saturated heterocycles. The largest absolute Gasteiger partial charge is 0.339 e. The molecule has 2 heterocycles. The molecular weight excluding hydrogens is 288 g/mol. The van der Waals surface area contributed by atoms with Crippen LogP contribution < -0.4 is 5.32 Å². The van der Waals surface area contributed by atoms with Gasteiger partial charge in [0.25, 0.3) is 0 Å². The maximum atomic E-state index is 5.73. The van der Waals surface area contributed by atoms with Crippen molar-refractivity contribution in [2.45, 2.75) is 37.1 Å². The Hall–Kier alpha value is -1.72. The molecule has 5 heteroatoms. The fourth-order valence-corrected chi connectivity index (χ4v) is 3.74. The molecule has 23 heavy (non-hydrogen) atoms. The summed E-state index contributed by atoms with van der Waals surface area (Å²) in [5, 5.41) is 7.73. The molecule has 2 aromatic rings. The van der Waals surface area contributed by atoms with E-state index in [1.807, 2.05) is 0 Å². The second kappa shape index (κ2) is 6.06. The summed E-state index contributed by atoms with van der Waals surface area (Å²) in [6.07, 6.45) is 4.52. The van der Waals surface area contributed by atoms with Crippen LogP contribution in [0.2, 0.25) is 0 Å². The number of nitrogens with one attached hydrogen (secondary N) is 1. The molecule has 1 atom stereocenters. The molecule has 1 N–H and O–H groups in total. The van der Waals surface area contributed by atoms with E-state index in [0.29, 0.717) is 0 Å². The average Bonchev–Trinajstić information content (AvgIpc) is 3.02. The molecule has 2 fully saturated rings. The van der Waals surface area contributed by atoms with Crippen LogP contribution in [-0.4, -0.2) is 41.7 Å². The lowest BCUT2D eigenvalue weighted by Gasteiger charge is -2.38. The van der Waals surface area contributed by atoms with Gasteiger partial charge in [-0.05, 0) is 31.9 Å². The summed E-state index contributed by atoms with van der Waals surface area (Å²) < 4.78 is 5.73. The smallest absolute Gasteiger partial charge is 0.233 e. The number of piperazine rings is 1. The summed E-state index contributed by atoms with van der Waals surface area (Å²) in [6, 6.07) is 10.9. The molecule has 1 aromatic carbocycles. The third-order valence-electron chi connectivity index (χ3n) is 5.40. The first-order valence-corrected chi connectivity index (χ1v) is 8.56. The van der Waals surface area contributed by atoms with Gasteiger partial charge in [-0.3, -0.25) is 4.90 Å². The molecular formula is C18H24N4O. The van der Waals surface area contributed by atoms with E-state index >= 15 is 0 Å². The Kier molecular flexibility index (Phi) is 3.91. The Morgan fingerprint density at radius 3 is 2.83 bits per heavy atom. The third kappa shape index (κ3) is 2.79. The number of rotatable bonds is 4. The van der Waals surface area contributed by atoms with Crippen molar-refractivity contribution in [3.8, 4) is 0 Å². The minimum absolute atomic E-state index is 0.0489. The van der Waals surface area contributed by atoms with E-state index in [4.69, 9.17) is 9.51 Å². The fraction of sp³-hybridized carbons (Fsp3) is 0.556. The average molecular weight is 312 g/mol. The van der Waals surface area contributed by atoms with Crippen molar-refractivity contribution < 1.29 is 4.52 Å². The predicted octanol–water partition coefficient (Wildman–Crippen LogP) is 2.31. The summed E-state index contributed by atoms with van der Waals surface area (Å²) in [7, 11) is 2.13. The van der Waals surface area contributed by atoms with Crippen LogP contribution in [0, 0.1) is 0 Å². The van der Waals surface area contributed by atoms with Crippen molar-refractivity contribution in [1.29, 1.82) is 0 Å². The number of benzene rings is 1. The van der Waals surface area contributed by atoms with Gasteiger partial charge in [0.15, 0.2) is 5.82 Å². The molecule has 0 spiro atoms. The number of hydrogen-bond acceptors (Lipinski definition) is 5. The monoisotopic (exact) mass is 312 g/mol. The van der Waals surface area contributed by atoms with Crippen molar-refractivity contribution in [3.05, 3.63) is 47.6 Å². The van der Waals surface area contributed by atoms with E-state index in [1.54, 1.807) is 0 Å². The van der Waals surface area contributed by atoms with E-state index in [0.717, 1.165) is 50.6 Å². The Labute approximate surface area is 137 Å². The molecule has 1 saturated carbocycles. The highest BCUT2D eigenvalue weighted by molar-refractivity contribution is 5.23. The first-order valence-electron chi connectivity index (χ1n) is 8.56. The van der Waals surface area contributed by atoms with Crippen LogP contribution in [0.15, 0.2) is 34.9 Å². The zero-order chi connectivity index (χ0) is 15.7. The second-order valence-corrected chi connectivity index (χ2v) is 6.95. The van der Waals surface area contributed by atoms with E-state index in [9.17, 15) is 0 Å². The minimum atomic E-state index is 0.0489. The van der Waals surface area contributed by atoms with Crippen LogP contribution in [0.4, 0.5) is 0 Å². The second-order valence-electron chi connectivity index (χ2n) is 6.95. The molecule has 1 unspecified atom stereocenters. The SMILES string of the molecule is CN1CCNCC1c1noc(C2(Cc3ccccc3)CCC2)n1. The van der Waals surface area contributed by atoms with Crippen LogP contribution in [0.25, 0.3) is 0 Å². The Morgan fingerprint density at radius 1 is 1.30 bits per heavy atom. The fourth-order valence-electron chi connectivity index (χ4n) is 3.74. The van der Waals surface area contributed by atoms with Crippen LogP contribution in [-0.2, 0) is 11.8 Å². The third-order valence-corrected chi connectivity index (χ3v) is 5.40. The Balaban J connectivity index is 1.57. The molecule has 5 nitrogen and oxygen atoms in total. The summed E-state index contributed by atoms with van der Waals surface area (Å²) in [5.41, 5.74) is 1.40. The lowest BCUT2D eigenvalue weighted by Crippen LogP contribution is -2.44. The van der Waals surface area contributed by atoms with E-state index in [1.165, 1.54) is 12.0 Å². The van der Waals surface area contributed by atoms with Crippen molar-refractivity contribution in [1.82, 2.24) is 20.4 Å². The van der Waals surface area contributed by atoms with Crippen molar-refractivity contribution in [3.63, 3.8) is 0 Å². The summed E-state index contributed by atoms with van der Waals surface area (Å²) in [6.45, 7) is 2.93. The zero-order valence-corrected chi connectivity index (χ0v) is 13.7. The highest BCUT2D eigenvalue weighted by Gasteiger charge is 2.44. The van der Waals surface area contributed by atoms with Gasteiger partial charge in [-0.1, -0.05) is 41.9 Å². The van der Waals surface area contributed by atoms with Crippen LogP contribution >= 0.6 is 0 Å². The number of likely N-dealkylation sites (N-methyl/N-ethyl adjacent to an activating group) is 1. The molecule has 122 valence electrons. The van der Waals surface area contributed by atoms with Gasteiger partial charge in [0, 0.05) is 19.6 Å². The topological polar surface area (TPSA) is 54.2 Å². The van der Waals surface area contributed by atoms with Gasteiger partial charge in [-0.25, -0.2) is 0 Å². The zero-order valence-electron chi connectivity index (χ0n) is 13.7. The summed E-state index contributed by atoms with van der Waals surface area (Å²) in [4.78, 5) is 7.12. The van der Waals surface area contributed by atoms with Gasteiger partial charge in [-0.2, -0.15) is 4.98 Å². The van der Waals surface area contributed by atoms with E-state index in [2.05, 4.69) is 52.8 Å². The normalized spacial score (nSPS) is 24.3. The van der Waals surface area contributed by atoms with E-state index < -0.39 is 0 Å². The van der Waals surface area contributed by atoms with Gasteiger partial charge in [-0.15, -0.1) is 0 Å². The van der Waals surface area contributed by atoms with Crippen molar-refractivity contribution in [2.24, 2.45) is 0 Å². The molecule has 0 amide bonds. The van der Waals surface area contributed by atoms with Crippen molar-refractivity contribution >= 4 is 0 Å². The molecule has 1 aromatic heterocycles. The minimum Gasteiger partial charge on any atom is -0.339 e. The van der Waals surface area contributed by atoms with Gasteiger partial charge in [0.2, 0.25) is 5.89 Å². The molecule has 0 bridgehead atoms. The quantitative estimate of drug-likeness (QED) is 0.939. The highest BCUT2D eigenvalue weighted by Crippen LogP contribution is 2.45. The van der Waals surface area contributed by atoms with Gasteiger partial charge in [0.1, 0.15) is 0 Å². The maximum absolute atomic E-state index is 5.73. The number of hydrogen-bond donors (Lipinski definition) is 1. The van der Waals surface area contributed by atoms with Gasteiger partial charge >= 0.3 is 0 Å². The lowest BCUT2D eigenvalue weighted by molar-refractivity contribution is 0.170. The van der Waals surface area contributed by atoms with Crippen LogP contribution in [0.3, 0.4) is 0 Å². The van der Waals surface area contributed by atoms with Gasteiger partial charge in [0.05, 0.1) is 11.5 Å². The first kappa shape index (κ1) is 14.8. The van der Waals surface area contributed by atoms with Gasteiger partial charge < -0.3 is 9.84 Å². The number of nitrogens with zero attached hydrogens (tertiary/aromatic N) is 3. The van der Waals surface area contributed by atoms with Crippen molar-refractivity contribution in [2.75, 3.05) is 26.7 Å². The molecule has 4 rings (SSSR count). The van der Waals surface area contributed by atoms with E-state index in [-0.39, 0.29) is 11.5 Å². The van der Waals surface area contributed by atoms with Crippen LogP contribution in [0.1, 0.15) is 42.6 Å². The molecule has 1 aliphatic carbocycles. The first-order chi connectivity index (χ1) is 11.3. The molecule has 0 radical (unpaired) electrons. The Morgan fingerprint density at radius 2 is 2.13 bits per heavy atom. The lowest BCUT2D eigenvalue weighted by atomic mass is 9.65. The predicted molar refractivity (Wildman–Crippen MR) is 88.2 cm³/mol. The summed E-state index contributed by atoms with van der Waals surface area (Å²) >= 11 is 0. The highest BCUT2D eigenvalue weighted by atomic mass is 16.5. The number of aromatic nitrogens is 2. The maximum Gasteiger partial charge on any atom is 0.233 e. The standard InChI is InChI=1S/C18H24N4O/c1-22-11-10-19-13-15(22)16-20-17(23-21-16)18(8-5-9-18)12-14-6-3-2-4-7-14/h2-4,6-7,15,19H,5,8-13H2,1H3. The Bertz CT molecular complexity index is 650. The molecule has 2 aliphatic rings. The van der Waals surface area contributed by atoms with Crippen LogP contribution in [0.5, 0.6) is 0 Å². The molecule has 1 aliphatic heterocycles.